The van der Waals surface area contributed by atoms with E-state index in [2.05, 4.69) is 20.0 Å². The summed E-state index contributed by atoms with van der Waals surface area (Å²) in [5, 5.41) is 3.03. The van der Waals surface area contributed by atoms with Gasteiger partial charge >= 0.3 is 5.97 Å². The number of anilines is 1. The van der Waals surface area contributed by atoms with Crippen LogP contribution in [0, 0.1) is 6.92 Å². The minimum absolute atomic E-state index is 0.00932. The van der Waals surface area contributed by atoms with Crippen LogP contribution in [0.3, 0.4) is 0 Å². The summed E-state index contributed by atoms with van der Waals surface area (Å²) >= 11 is 0. The maximum atomic E-state index is 11.9. The second-order valence-electron chi connectivity index (χ2n) is 4.45. The summed E-state index contributed by atoms with van der Waals surface area (Å²) in [7, 11) is 1.28. The van der Waals surface area contributed by atoms with Crippen LogP contribution in [0.25, 0.3) is 0 Å². The first kappa shape index (κ1) is 16.9. The van der Waals surface area contributed by atoms with Gasteiger partial charge in [-0.2, -0.15) is 0 Å². The Labute approximate surface area is 124 Å². The zero-order chi connectivity index (χ0) is 15.8. The summed E-state index contributed by atoms with van der Waals surface area (Å²) in [5.41, 5.74) is 0.656. The standard InChI is InChI=1S/C14H22N4O3/c1-5-18(6-2)12(19)7-8-15-11-9-10(3)16-13(17-11)14(20)21-4/h9H,5-8H2,1-4H3,(H,15,16,17). The van der Waals surface area contributed by atoms with Crippen molar-refractivity contribution in [2.45, 2.75) is 27.2 Å². The summed E-state index contributed by atoms with van der Waals surface area (Å²) in [6, 6.07) is 1.72. The Kier molecular flexibility index (Phi) is 6.58. The second kappa shape index (κ2) is 8.18. The lowest BCUT2D eigenvalue weighted by Crippen LogP contribution is -2.31. The van der Waals surface area contributed by atoms with Crippen LogP contribution in [0.1, 0.15) is 36.6 Å². The van der Waals surface area contributed by atoms with Gasteiger partial charge in [-0.15, -0.1) is 0 Å². The van der Waals surface area contributed by atoms with Crippen molar-refractivity contribution in [3.63, 3.8) is 0 Å². The smallest absolute Gasteiger partial charge is 0.376 e. The number of carbonyl (C=O) groups excluding carboxylic acids is 2. The normalized spacial score (nSPS) is 10.1. The molecule has 0 aliphatic rings. The van der Waals surface area contributed by atoms with Gasteiger partial charge in [0.25, 0.3) is 0 Å². The van der Waals surface area contributed by atoms with Crippen LogP contribution in [-0.2, 0) is 9.53 Å². The number of aryl methyl sites for hydroxylation is 1. The predicted molar refractivity (Wildman–Crippen MR) is 79.1 cm³/mol. The Balaban J connectivity index is 2.61. The third-order valence-corrected chi connectivity index (χ3v) is 2.98. The van der Waals surface area contributed by atoms with E-state index in [0.717, 1.165) is 0 Å². The average molecular weight is 294 g/mol. The van der Waals surface area contributed by atoms with Crippen molar-refractivity contribution in [3.05, 3.63) is 17.6 Å². The SMILES string of the molecule is CCN(CC)C(=O)CCNc1cc(C)nc(C(=O)OC)n1. The first-order chi connectivity index (χ1) is 10.0. The molecule has 1 aromatic heterocycles. The summed E-state index contributed by atoms with van der Waals surface area (Å²) < 4.78 is 4.60. The van der Waals surface area contributed by atoms with E-state index >= 15 is 0 Å². The third-order valence-electron chi connectivity index (χ3n) is 2.98. The molecule has 1 aromatic rings. The van der Waals surface area contributed by atoms with Gasteiger partial charge in [-0.25, -0.2) is 14.8 Å². The Morgan fingerprint density at radius 1 is 1.29 bits per heavy atom. The highest BCUT2D eigenvalue weighted by molar-refractivity contribution is 5.85. The third kappa shape index (κ3) is 5.02. The van der Waals surface area contributed by atoms with Gasteiger partial charge in [0.05, 0.1) is 7.11 Å². The lowest BCUT2D eigenvalue weighted by atomic mass is 10.3. The summed E-state index contributed by atoms with van der Waals surface area (Å²) in [4.78, 5) is 33.1. The van der Waals surface area contributed by atoms with Crippen molar-refractivity contribution < 1.29 is 14.3 Å². The molecular weight excluding hydrogens is 272 g/mol. The molecule has 0 unspecified atom stereocenters. The van der Waals surface area contributed by atoms with E-state index < -0.39 is 5.97 Å². The molecule has 1 N–H and O–H groups in total. The van der Waals surface area contributed by atoms with Crippen LogP contribution in [0.15, 0.2) is 6.07 Å². The summed E-state index contributed by atoms with van der Waals surface area (Å²) in [6.45, 7) is 7.52. The highest BCUT2D eigenvalue weighted by Crippen LogP contribution is 2.07. The van der Waals surface area contributed by atoms with Gasteiger partial charge in [-0.05, 0) is 20.8 Å². The largest absolute Gasteiger partial charge is 0.463 e. The van der Waals surface area contributed by atoms with E-state index in [4.69, 9.17) is 0 Å². The van der Waals surface area contributed by atoms with Crippen molar-refractivity contribution >= 4 is 17.7 Å². The van der Waals surface area contributed by atoms with E-state index in [1.54, 1.807) is 17.9 Å². The number of rotatable bonds is 7. The summed E-state index contributed by atoms with van der Waals surface area (Å²) in [5.74, 6) is 0.0257. The van der Waals surface area contributed by atoms with Crippen molar-refractivity contribution in [3.8, 4) is 0 Å². The van der Waals surface area contributed by atoms with Crippen LogP contribution in [-0.4, -0.2) is 53.5 Å². The number of nitrogens with one attached hydrogen (secondary N) is 1. The molecule has 1 rings (SSSR count). The topological polar surface area (TPSA) is 84.4 Å². The molecule has 0 atom stereocenters. The number of esters is 1. The molecule has 1 amide bonds. The maximum absolute atomic E-state index is 11.9. The monoisotopic (exact) mass is 294 g/mol. The molecule has 7 nitrogen and oxygen atoms in total. The molecule has 0 spiro atoms. The Morgan fingerprint density at radius 3 is 2.52 bits per heavy atom. The number of ether oxygens (including phenoxy) is 1. The highest BCUT2D eigenvalue weighted by atomic mass is 16.5. The average Bonchev–Trinajstić information content (AvgIpc) is 2.47. The minimum Gasteiger partial charge on any atom is -0.463 e. The minimum atomic E-state index is -0.582. The first-order valence-electron chi connectivity index (χ1n) is 6.97. The van der Waals surface area contributed by atoms with Gasteiger partial charge in [0.1, 0.15) is 5.82 Å². The van der Waals surface area contributed by atoms with E-state index in [1.165, 1.54) is 7.11 Å². The Hall–Kier alpha value is -2.18. The molecule has 0 aromatic carbocycles. The number of aromatic nitrogens is 2. The van der Waals surface area contributed by atoms with Crippen LogP contribution in [0.5, 0.6) is 0 Å². The van der Waals surface area contributed by atoms with Crippen molar-refractivity contribution in [1.82, 2.24) is 14.9 Å². The number of nitrogens with zero attached hydrogens (tertiary/aromatic N) is 3. The summed E-state index contributed by atoms with van der Waals surface area (Å²) in [6.07, 6.45) is 0.373. The van der Waals surface area contributed by atoms with E-state index in [0.29, 0.717) is 37.6 Å². The molecule has 7 heteroatoms. The quantitative estimate of drug-likeness (QED) is 0.762. The van der Waals surface area contributed by atoms with Gasteiger partial charge in [0, 0.05) is 37.8 Å². The van der Waals surface area contributed by atoms with Crippen LogP contribution in [0.4, 0.5) is 5.82 Å². The fraction of sp³-hybridized carbons (Fsp3) is 0.571. The van der Waals surface area contributed by atoms with Crippen LogP contribution >= 0.6 is 0 Å². The van der Waals surface area contributed by atoms with Gasteiger partial charge in [0.15, 0.2) is 0 Å². The van der Waals surface area contributed by atoms with Crippen molar-refractivity contribution in [2.24, 2.45) is 0 Å². The molecule has 0 radical (unpaired) electrons. The molecule has 21 heavy (non-hydrogen) atoms. The van der Waals surface area contributed by atoms with Crippen molar-refractivity contribution in [2.75, 3.05) is 32.1 Å². The van der Waals surface area contributed by atoms with E-state index in [9.17, 15) is 9.59 Å². The number of hydrogen-bond donors (Lipinski definition) is 1. The van der Waals surface area contributed by atoms with Crippen molar-refractivity contribution in [1.29, 1.82) is 0 Å². The molecule has 0 bridgehead atoms. The molecule has 0 saturated heterocycles. The molecule has 116 valence electrons. The lowest BCUT2D eigenvalue weighted by Gasteiger charge is -2.18. The number of methoxy groups -OCH3 is 1. The molecule has 0 aliphatic carbocycles. The zero-order valence-corrected chi connectivity index (χ0v) is 13.0. The molecule has 1 heterocycles. The zero-order valence-electron chi connectivity index (χ0n) is 13.0. The van der Waals surface area contributed by atoms with Gasteiger partial charge in [0.2, 0.25) is 11.7 Å². The van der Waals surface area contributed by atoms with E-state index in [1.807, 2.05) is 13.8 Å². The fourth-order valence-electron chi connectivity index (χ4n) is 1.87. The van der Waals surface area contributed by atoms with E-state index in [-0.39, 0.29) is 11.7 Å². The molecule has 0 fully saturated rings. The van der Waals surface area contributed by atoms with Crippen LogP contribution in [0.2, 0.25) is 0 Å². The number of amides is 1. The maximum Gasteiger partial charge on any atom is 0.376 e. The number of hydrogen-bond acceptors (Lipinski definition) is 6. The predicted octanol–water partition coefficient (Wildman–Crippen LogP) is 1.24. The number of carbonyl (C=O) groups is 2. The van der Waals surface area contributed by atoms with Gasteiger partial charge in [-0.1, -0.05) is 0 Å². The lowest BCUT2D eigenvalue weighted by molar-refractivity contribution is -0.130. The molecular formula is C14H22N4O3. The second-order valence-corrected chi connectivity index (χ2v) is 4.45. The molecule has 0 aliphatic heterocycles. The highest BCUT2D eigenvalue weighted by Gasteiger charge is 2.12. The molecule has 0 saturated carbocycles. The fourth-order valence-corrected chi connectivity index (χ4v) is 1.87. The van der Waals surface area contributed by atoms with Gasteiger partial charge in [-0.3, -0.25) is 4.79 Å². The van der Waals surface area contributed by atoms with Gasteiger partial charge < -0.3 is 15.0 Å². The first-order valence-corrected chi connectivity index (χ1v) is 6.97. The van der Waals surface area contributed by atoms with Crippen LogP contribution < -0.4 is 5.32 Å². The Bertz CT molecular complexity index is 501. The Morgan fingerprint density at radius 2 is 1.95 bits per heavy atom.